The molecule has 0 aliphatic carbocycles. The number of hydrogen-bond acceptors (Lipinski definition) is 3. The van der Waals surface area contributed by atoms with Crippen LogP contribution in [-0.2, 0) is 4.84 Å². The van der Waals surface area contributed by atoms with Gasteiger partial charge in [-0.25, -0.2) is 0 Å². The third-order valence-corrected chi connectivity index (χ3v) is 1.90. The number of nitrogens with zero attached hydrogens (tertiary/aromatic N) is 1. The molecule has 0 saturated carbocycles. The summed E-state index contributed by atoms with van der Waals surface area (Å²) in [5.41, 5.74) is 0.730. The molecule has 3 nitrogen and oxygen atoms in total. The number of hydrogen-bond donors (Lipinski definition) is 0. The summed E-state index contributed by atoms with van der Waals surface area (Å²) < 4.78 is 6.06. The average Bonchev–Trinajstić information content (AvgIpc) is 2.47. The minimum atomic E-state index is 0.565. The van der Waals surface area contributed by atoms with Gasteiger partial charge in [-0.3, -0.25) is 0 Å². The van der Waals surface area contributed by atoms with Gasteiger partial charge >= 0.3 is 0 Å². The average molecular weight is 232 g/mol. The van der Waals surface area contributed by atoms with E-state index >= 15 is 0 Å². The molecule has 66 valence electrons. The highest BCUT2D eigenvalue weighted by atomic mass is 79.9. The summed E-state index contributed by atoms with van der Waals surface area (Å²) in [6.45, 7) is 4.28. The summed E-state index contributed by atoms with van der Waals surface area (Å²) in [5.74, 6) is 0.712. The normalized spacial score (nSPS) is 11.8. The molecule has 4 heteroatoms. The van der Waals surface area contributed by atoms with Crippen LogP contribution in [0.2, 0.25) is 0 Å². The summed E-state index contributed by atoms with van der Waals surface area (Å²) in [5, 5.41) is 3.84. The maximum Gasteiger partial charge on any atom is 0.165 e. The van der Waals surface area contributed by atoms with E-state index in [4.69, 9.17) is 9.25 Å². The zero-order chi connectivity index (χ0) is 8.97. The van der Waals surface area contributed by atoms with Gasteiger partial charge < -0.3 is 9.25 Å². The second kappa shape index (κ2) is 4.30. The van der Waals surface area contributed by atoms with Crippen molar-refractivity contribution < 1.29 is 9.25 Å². The second-order valence-corrected chi connectivity index (χ2v) is 3.05. The second-order valence-electron chi connectivity index (χ2n) is 2.19. The summed E-state index contributed by atoms with van der Waals surface area (Å²) in [6, 6.07) is 1.82. The van der Waals surface area contributed by atoms with Crippen molar-refractivity contribution in [3.8, 4) is 0 Å². The Hall–Kier alpha value is -0.770. The van der Waals surface area contributed by atoms with Crippen LogP contribution in [0.5, 0.6) is 0 Å². The Kier molecular flexibility index (Phi) is 3.34. The Labute approximate surface area is 79.5 Å². The van der Waals surface area contributed by atoms with Gasteiger partial charge in [0, 0.05) is 0 Å². The summed E-state index contributed by atoms with van der Waals surface area (Å²) in [6.07, 6.45) is 1.60. The fourth-order valence-electron chi connectivity index (χ4n) is 0.755. The molecule has 1 aromatic heterocycles. The molecule has 0 aliphatic heterocycles. The van der Waals surface area contributed by atoms with Crippen LogP contribution < -0.4 is 0 Å². The minimum absolute atomic E-state index is 0.565. The molecule has 0 spiro atoms. The van der Waals surface area contributed by atoms with Crippen molar-refractivity contribution in [3.63, 3.8) is 0 Å². The molecule has 1 heterocycles. The lowest BCUT2D eigenvalue weighted by Gasteiger charge is -1.96. The highest BCUT2D eigenvalue weighted by Crippen LogP contribution is 2.18. The summed E-state index contributed by atoms with van der Waals surface area (Å²) >= 11 is 3.33. The highest BCUT2D eigenvalue weighted by Gasteiger charge is 2.06. The van der Waals surface area contributed by atoms with Crippen LogP contribution in [0.3, 0.4) is 0 Å². The van der Waals surface area contributed by atoms with Crippen molar-refractivity contribution in [1.29, 1.82) is 0 Å². The van der Waals surface area contributed by atoms with E-state index in [0.29, 0.717) is 12.4 Å². The Morgan fingerprint density at radius 1 is 1.75 bits per heavy atom. The van der Waals surface area contributed by atoms with Crippen LogP contribution in [0, 0.1) is 0 Å². The van der Waals surface area contributed by atoms with Gasteiger partial charge in [-0.05, 0) is 35.8 Å². The van der Waals surface area contributed by atoms with Gasteiger partial charge in [0.15, 0.2) is 5.76 Å². The molecule has 0 saturated heterocycles. The van der Waals surface area contributed by atoms with Crippen molar-refractivity contribution in [2.45, 2.75) is 13.8 Å². The van der Waals surface area contributed by atoms with E-state index in [2.05, 4.69) is 21.1 Å². The van der Waals surface area contributed by atoms with Gasteiger partial charge in [0.2, 0.25) is 0 Å². The number of furan rings is 1. The fraction of sp³-hybridized carbons (Fsp3) is 0.375. The number of rotatable bonds is 3. The molecule has 1 aromatic rings. The van der Waals surface area contributed by atoms with Crippen LogP contribution >= 0.6 is 15.9 Å². The van der Waals surface area contributed by atoms with Gasteiger partial charge in [0.25, 0.3) is 0 Å². The Morgan fingerprint density at radius 2 is 2.50 bits per heavy atom. The number of oxime groups is 1. The fourth-order valence-corrected chi connectivity index (χ4v) is 1.24. The highest BCUT2D eigenvalue weighted by molar-refractivity contribution is 9.10. The van der Waals surface area contributed by atoms with E-state index in [1.807, 2.05) is 19.9 Å². The van der Waals surface area contributed by atoms with Crippen molar-refractivity contribution in [2.24, 2.45) is 5.16 Å². The van der Waals surface area contributed by atoms with E-state index in [1.54, 1.807) is 6.26 Å². The Balaban J connectivity index is 2.77. The predicted molar refractivity (Wildman–Crippen MR) is 50.2 cm³/mol. The van der Waals surface area contributed by atoms with E-state index in [0.717, 1.165) is 10.2 Å². The summed E-state index contributed by atoms with van der Waals surface area (Å²) in [7, 11) is 0. The van der Waals surface area contributed by atoms with Crippen LogP contribution in [0.1, 0.15) is 19.6 Å². The molecule has 12 heavy (non-hydrogen) atoms. The maximum absolute atomic E-state index is 5.17. The van der Waals surface area contributed by atoms with Gasteiger partial charge in [-0.1, -0.05) is 5.16 Å². The molecule has 0 radical (unpaired) electrons. The lowest BCUT2D eigenvalue weighted by Crippen LogP contribution is -1.94. The largest absolute Gasteiger partial charge is 0.462 e. The van der Waals surface area contributed by atoms with Crippen LogP contribution in [0.15, 0.2) is 26.4 Å². The molecule has 0 amide bonds. The molecule has 0 N–H and O–H groups in total. The first-order valence-corrected chi connectivity index (χ1v) is 4.45. The van der Waals surface area contributed by atoms with E-state index < -0.39 is 0 Å². The molecule has 0 atom stereocenters. The molecule has 0 unspecified atom stereocenters. The van der Waals surface area contributed by atoms with Gasteiger partial charge in [0.1, 0.15) is 12.3 Å². The summed E-state index contributed by atoms with van der Waals surface area (Å²) in [4.78, 5) is 4.88. The van der Waals surface area contributed by atoms with Crippen LogP contribution in [0.25, 0.3) is 0 Å². The van der Waals surface area contributed by atoms with Crippen molar-refractivity contribution in [1.82, 2.24) is 0 Å². The topological polar surface area (TPSA) is 34.7 Å². The Bertz CT molecular complexity index is 280. The molecule has 1 rings (SSSR count). The molecule has 0 bridgehead atoms. The third kappa shape index (κ3) is 2.11. The molecule has 0 aliphatic rings. The quantitative estimate of drug-likeness (QED) is 0.593. The lowest BCUT2D eigenvalue weighted by atomic mass is 10.3. The first kappa shape index (κ1) is 9.32. The lowest BCUT2D eigenvalue weighted by molar-refractivity contribution is 0.158. The molecular weight excluding hydrogens is 222 g/mol. The first-order chi connectivity index (χ1) is 5.75. The third-order valence-electron chi connectivity index (χ3n) is 1.28. The van der Waals surface area contributed by atoms with Gasteiger partial charge in [0.05, 0.1) is 10.7 Å². The van der Waals surface area contributed by atoms with E-state index in [9.17, 15) is 0 Å². The molecular formula is C8H10BrNO2. The van der Waals surface area contributed by atoms with Crippen LogP contribution in [-0.4, -0.2) is 12.3 Å². The van der Waals surface area contributed by atoms with E-state index in [-0.39, 0.29) is 0 Å². The van der Waals surface area contributed by atoms with Crippen molar-refractivity contribution >= 4 is 21.6 Å². The zero-order valence-corrected chi connectivity index (χ0v) is 8.59. The van der Waals surface area contributed by atoms with Crippen molar-refractivity contribution in [3.05, 3.63) is 22.6 Å². The smallest absolute Gasteiger partial charge is 0.165 e. The monoisotopic (exact) mass is 231 g/mol. The zero-order valence-electron chi connectivity index (χ0n) is 7.00. The maximum atomic E-state index is 5.17. The first-order valence-electron chi connectivity index (χ1n) is 3.65. The van der Waals surface area contributed by atoms with Gasteiger partial charge in [-0.2, -0.15) is 0 Å². The minimum Gasteiger partial charge on any atom is -0.462 e. The molecule has 0 fully saturated rings. The Morgan fingerprint density at radius 3 is 3.00 bits per heavy atom. The van der Waals surface area contributed by atoms with Gasteiger partial charge in [-0.15, -0.1) is 0 Å². The number of halogens is 1. The predicted octanol–water partition coefficient (Wildman–Crippen LogP) is 2.80. The molecule has 0 aromatic carbocycles. The van der Waals surface area contributed by atoms with E-state index in [1.165, 1.54) is 0 Å². The standard InChI is InChI=1S/C8H10BrNO2/c1-3-12-10-6(2)8-7(9)4-5-11-8/h4-5H,3H2,1-2H3/b10-6-. The van der Waals surface area contributed by atoms with Crippen molar-refractivity contribution in [2.75, 3.05) is 6.61 Å². The van der Waals surface area contributed by atoms with Crippen LogP contribution in [0.4, 0.5) is 0 Å². The SMILES string of the molecule is CCO/N=C(/C)c1occc1Br.